The molecule has 0 radical (unpaired) electrons. The summed E-state index contributed by atoms with van der Waals surface area (Å²) in [6.07, 6.45) is 5.06. The van der Waals surface area contributed by atoms with Gasteiger partial charge in [0.05, 0.1) is 0 Å². The number of benzene rings is 1. The molecule has 0 amide bonds. The zero-order chi connectivity index (χ0) is 13.1. The fourth-order valence-corrected chi connectivity index (χ4v) is 3.28. The molecule has 1 aromatic rings. The first-order valence-corrected chi connectivity index (χ1v) is 7.49. The van der Waals surface area contributed by atoms with Gasteiger partial charge in [-0.2, -0.15) is 0 Å². The Kier molecular flexibility index (Phi) is 4.45. The maximum atomic E-state index is 2.70. The van der Waals surface area contributed by atoms with Crippen molar-refractivity contribution in [3.63, 3.8) is 0 Å². The Labute approximate surface area is 112 Å². The van der Waals surface area contributed by atoms with Crippen molar-refractivity contribution in [2.75, 3.05) is 13.1 Å². The molecule has 0 N–H and O–H groups in total. The van der Waals surface area contributed by atoms with Gasteiger partial charge in [-0.25, -0.2) is 0 Å². The van der Waals surface area contributed by atoms with Gasteiger partial charge in [-0.05, 0) is 74.9 Å². The molecule has 1 unspecified atom stereocenters. The standard InChI is InChI=1S/C17H27N/c1-5-9-18(10-6-2)16-11-15-8-7-13(3)14(4)17(15)12-16/h7-8,16H,5-6,9-12H2,1-4H3. The monoisotopic (exact) mass is 245 g/mol. The Bertz CT molecular complexity index is 402. The second-order valence-electron chi connectivity index (χ2n) is 5.74. The van der Waals surface area contributed by atoms with Crippen LogP contribution in [0.15, 0.2) is 12.1 Å². The molecule has 0 saturated carbocycles. The minimum atomic E-state index is 0.750. The van der Waals surface area contributed by atoms with E-state index in [2.05, 4.69) is 44.7 Å². The van der Waals surface area contributed by atoms with Gasteiger partial charge in [0.1, 0.15) is 0 Å². The maximum absolute atomic E-state index is 2.70. The summed E-state index contributed by atoms with van der Waals surface area (Å²) in [4.78, 5) is 2.70. The third-order valence-electron chi connectivity index (χ3n) is 4.40. The second kappa shape index (κ2) is 5.88. The van der Waals surface area contributed by atoms with Crippen molar-refractivity contribution in [3.8, 4) is 0 Å². The molecule has 0 saturated heterocycles. The molecule has 100 valence electrons. The highest BCUT2D eigenvalue weighted by Crippen LogP contribution is 2.30. The molecular formula is C17H27N. The van der Waals surface area contributed by atoms with E-state index in [1.54, 1.807) is 11.1 Å². The molecule has 1 nitrogen and oxygen atoms in total. The third kappa shape index (κ3) is 2.61. The summed E-state index contributed by atoms with van der Waals surface area (Å²) in [7, 11) is 0. The van der Waals surface area contributed by atoms with E-state index in [-0.39, 0.29) is 0 Å². The molecule has 1 aliphatic rings. The number of nitrogens with zero attached hydrogens (tertiary/aromatic N) is 1. The molecule has 2 rings (SSSR count). The van der Waals surface area contributed by atoms with Gasteiger partial charge < -0.3 is 0 Å². The van der Waals surface area contributed by atoms with Crippen LogP contribution in [0.25, 0.3) is 0 Å². The normalized spacial score (nSPS) is 18.4. The van der Waals surface area contributed by atoms with Gasteiger partial charge in [0.2, 0.25) is 0 Å². The lowest BCUT2D eigenvalue weighted by Crippen LogP contribution is -2.37. The van der Waals surface area contributed by atoms with Crippen molar-refractivity contribution in [2.45, 2.75) is 59.4 Å². The van der Waals surface area contributed by atoms with E-state index in [1.165, 1.54) is 49.9 Å². The molecule has 1 heteroatoms. The van der Waals surface area contributed by atoms with Crippen LogP contribution >= 0.6 is 0 Å². The summed E-state index contributed by atoms with van der Waals surface area (Å²) in [5, 5.41) is 0. The number of hydrogen-bond donors (Lipinski definition) is 0. The van der Waals surface area contributed by atoms with E-state index < -0.39 is 0 Å². The predicted octanol–water partition coefficient (Wildman–Crippen LogP) is 3.89. The number of rotatable bonds is 5. The van der Waals surface area contributed by atoms with Gasteiger partial charge in [0.15, 0.2) is 0 Å². The van der Waals surface area contributed by atoms with E-state index in [4.69, 9.17) is 0 Å². The van der Waals surface area contributed by atoms with Crippen LogP contribution in [0.5, 0.6) is 0 Å². The van der Waals surface area contributed by atoms with E-state index in [9.17, 15) is 0 Å². The molecule has 0 spiro atoms. The highest BCUT2D eigenvalue weighted by atomic mass is 15.1. The largest absolute Gasteiger partial charge is 0.300 e. The molecule has 0 aliphatic heterocycles. The van der Waals surface area contributed by atoms with Gasteiger partial charge in [0.25, 0.3) is 0 Å². The lowest BCUT2D eigenvalue weighted by atomic mass is 10.00. The fraction of sp³-hybridized carbons (Fsp3) is 0.647. The smallest absolute Gasteiger partial charge is 0.0176 e. The molecule has 1 atom stereocenters. The first kappa shape index (κ1) is 13.6. The SMILES string of the molecule is CCCN(CCC)C1Cc2ccc(C)c(C)c2C1. The van der Waals surface area contributed by atoms with Gasteiger partial charge in [-0.15, -0.1) is 0 Å². The van der Waals surface area contributed by atoms with Gasteiger partial charge in [-0.3, -0.25) is 4.90 Å². The highest BCUT2D eigenvalue weighted by molar-refractivity contribution is 5.43. The Morgan fingerprint density at radius 3 is 2.33 bits per heavy atom. The van der Waals surface area contributed by atoms with Crippen molar-refractivity contribution < 1.29 is 0 Å². The van der Waals surface area contributed by atoms with Gasteiger partial charge in [-0.1, -0.05) is 26.0 Å². The average molecular weight is 245 g/mol. The minimum Gasteiger partial charge on any atom is -0.300 e. The van der Waals surface area contributed by atoms with Crippen LogP contribution in [0.1, 0.15) is 48.9 Å². The summed E-state index contributed by atoms with van der Waals surface area (Å²) < 4.78 is 0. The Hall–Kier alpha value is -0.820. The average Bonchev–Trinajstić information content (AvgIpc) is 2.78. The molecule has 1 aromatic carbocycles. The molecular weight excluding hydrogens is 218 g/mol. The van der Waals surface area contributed by atoms with Crippen LogP contribution in [-0.4, -0.2) is 24.0 Å². The third-order valence-corrected chi connectivity index (χ3v) is 4.40. The first-order valence-electron chi connectivity index (χ1n) is 7.49. The van der Waals surface area contributed by atoms with Crippen molar-refractivity contribution >= 4 is 0 Å². The van der Waals surface area contributed by atoms with E-state index >= 15 is 0 Å². The molecule has 18 heavy (non-hydrogen) atoms. The molecule has 0 aromatic heterocycles. The van der Waals surface area contributed by atoms with E-state index in [1.807, 2.05) is 0 Å². The van der Waals surface area contributed by atoms with Crippen molar-refractivity contribution in [1.82, 2.24) is 4.90 Å². The van der Waals surface area contributed by atoms with Crippen LogP contribution in [0, 0.1) is 13.8 Å². The number of fused-ring (bicyclic) bond motifs is 1. The summed E-state index contributed by atoms with van der Waals surface area (Å²) >= 11 is 0. The van der Waals surface area contributed by atoms with Crippen LogP contribution in [0.4, 0.5) is 0 Å². The first-order chi connectivity index (χ1) is 8.67. The van der Waals surface area contributed by atoms with Crippen molar-refractivity contribution in [2.24, 2.45) is 0 Å². The quantitative estimate of drug-likeness (QED) is 0.760. The Morgan fingerprint density at radius 2 is 1.72 bits per heavy atom. The number of aryl methyl sites for hydroxylation is 1. The van der Waals surface area contributed by atoms with Crippen LogP contribution < -0.4 is 0 Å². The second-order valence-corrected chi connectivity index (χ2v) is 5.74. The lowest BCUT2D eigenvalue weighted by Gasteiger charge is -2.28. The molecule has 0 bridgehead atoms. The van der Waals surface area contributed by atoms with E-state index in [0.29, 0.717) is 0 Å². The topological polar surface area (TPSA) is 3.24 Å². The van der Waals surface area contributed by atoms with Crippen molar-refractivity contribution in [1.29, 1.82) is 0 Å². The zero-order valence-corrected chi connectivity index (χ0v) is 12.4. The summed E-state index contributed by atoms with van der Waals surface area (Å²) in [6, 6.07) is 5.40. The minimum absolute atomic E-state index is 0.750. The van der Waals surface area contributed by atoms with Gasteiger partial charge >= 0.3 is 0 Å². The van der Waals surface area contributed by atoms with Crippen LogP contribution in [0.3, 0.4) is 0 Å². The summed E-state index contributed by atoms with van der Waals surface area (Å²) in [6.45, 7) is 11.6. The lowest BCUT2D eigenvalue weighted by molar-refractivity contribution is 0.202. The Morgan fingerprint density at radius 1 is 1.06 bits per heavy atom. The maximum Gasteiger partial charge on any atom is 0.0176 e. The van der Waals surface area contributed by atoms with Crippen molar-refractivity contribution in [3.05, 3.63) is 34.4 Å². The highest BCUT2D eigenvalue weighted by Gasteiger charge is 2.27. The summed E-state index contributed by atoms with van der Waals surface area (Å²) in [5.41, 5.74) is 6.22. The zero-order valence-electron chi connectivity index (χ0n) is 12.4. The van der Waals surface area contributed by atoms with E-state index in [0.717, 1.165) is 6.04 Å². The number of hydrogen-bond acceptors (Lipinski definition) is 1. The molecule has 0 fully saturated rings. The van der Waals surface area contributed by atoms with Gasteiger partial charge in [0, 0.05) is 6.04 Å². The Balaban J connectivity index is 2.15. The fourth-order valence-electron chi connectivity index (χ4n) is 3.28. The predicted molar refractivity (Wildman–Crippen MR) is 79.3 cm³/mol. The van der Waals surface area contributed by atoms with Crippen LogP contribution in [0.2, 0.25) is 0 Å². The van der Waals surface area contributed by atoms with Crippen LogP contribution in [-0.2, 0) is 12.8 Å². The molecule has 1 aliphatic carbocycles. The summed E-state index contributed by atoms with van der Waals surface area (Å²) in [5.74, 6) is 0. The molecule has 0 heterocycles.